The van der Waals surface area contributed by atoms with Gasteiger partial charge in [0, 0.05) is 9.52 Å². The number of hydrogen-bond donors (Lipinski definition) is 0. The van der Waals surface area contributed by atoms with Crippen molar-refractivity contribution < 1.29 is 0 Å². The minimum absolute atomic E-state index is 0.343. The van der Waals surface area contributed by atoms with E-state index in [0.717, 1.165) is 0 Å². The van der Waals surface area contributed by atoms with Gasteiger partial charge in [0.05, 0.1) is 0 Å². The molecule has 0 aliphatic heterocycles. The van der Waals surface area contributed by atoms with E-state index in [-0.39, 0.29) is 0 Å². The smallest absolute Gasteiger partial charge is 0.0197 e. The molecule has 0 rings (SSSR count). The summed E-state index contributed by atoms with van der Waals surface area (Å²) in [5.74, 6) is 0. The molecule has 0 nitrogen and oxygen atoms in total. The van der Waals surface area contributed by atoms with Crippen LogP contribution in [-0.2, 0) is 0 Å². The molecule has 0 heterocycles. The molecule has 15 heavy (non-hydrogen) atoms. The van der Waals surface area contributed by atoms with Crippen LogP contribution in [0.3, 0.4) is 0 Å². The van der Waals surface area contributed by atoms with E-state index in [1.807, 2.05) is 0 Å². The Labute approximate surface area is 100 Å². The van der Waals surface area contributed by atoms with Gasteiger partial charge in [-0.25, -0.2) is 0 Å². The van der Waals surface area contributed by atoms with Crippen molar-refractivity contribution in [3.63, 3.8) is 0 Å². The maximum Gasteiger partial charge on any atom is 0.0197 e. The highest BCUT2D eigenvalue weighted by atomic mass is 28.2. The molecule has 0 radical (unpaired) electrons. The third kappa shape index (κ3) is 14.2. The van der Waals surface area contributed by atoms with Crippen LogP contribution in [0.4, 0.5) is 0 Å². The lowest BCUT2D eigenvalue weighted by atomic mass is 10.2. The third-order valence-corrected chi connectivity index (χ3v) is 5.21. The highest BCUT2D eigenvalue weighted by Crippen LogP contribution is 2.08. The molecule has 0 amide bonds. The van der Waals surface area contributed by atoms with E-state index in [9.17, 15) is 0 Å². The van der Waals surface area contributed by atoms with Crippen LogP contribution in [0.25, 0.3) is 0 Å². The summed E-state index contributed by atoms with van der Waals surface area (Å²) < 4.78 is 0. The minimum Gasteiger partial charge on any atom is -0.0654 e. The lowest BCUT2D eigenvalue weighted by molar-refractivity contribution is 0.647. The van der Waals surface area contributed by atoms with Crippen molar-refractivity contribution in [2.45, 2.75) is 90.1 Å². The Balaban J connectivity index is 2.81. The van der Waals surface area contributed by atoms with Crippen LogP contribution in [0.5, 0.6) is 0 Å². The Bertz CT molecular complexity index is 89.5. The fraction of sp³-hybridized carbons (Fsp3) is 1.00. The predicted octanol–water partition coefficient (Wildman–Crippen LogP) is 4.93. The standard InChI is InChI=1S/C14H32Si/c1-3-5-7-9-11-13-15-14-12-10-8-6-4-2/h3-15H2,1-2H3. The molecule has 1 heteroatoms. The topological polar surface area (TPSA) is 0 Å². The summed E-state index contributed by atoms with van der Waals surface area (Å²) in [5, 5.41) is 0. The first-order valence-electron chi connectivity index (χ1n) is 7.41. The van der Waals surface area contributed by atoms with E-state index < -0.39 is 0 Å². The molecule has 0 spiro atoms. The van der Waals surface area contributed by atoms with Gasteiger partial charge in [-0.3, -0.25) is 0 Å². The van der Waals surface area contributed by atoms with Crippen LogP contribution < -0.4 is 0 Å². The first kappa shape index (κ1) is 15.2. The Morgan fingerprint density at radius 2 is 0.933 bits per heavy atom. The summed E-state index contributed by atoms with van der Waals surface area (Å²) in [6.45, 7) is 4.59. The molecule has 0 fully saturated rings. The van der Waals surface area contributed by atoms with E-state index >= 15 is 0 Å². The summed E-state index contributed by atoms with van der Waals surface area (Å²) in [6, 6.07) is 3.25. The van der Waals surface area contributed by atoms with Crippen LogP contribution in [0, 0.1) is 0 Å². The molecule has 92 valence electrons. The average molecular weight is 228 g/mol. The maximum atomic E-state index is 2.30. The van der Waals surface area contributed by atoms with Gasteiger partial charge in [0.1, 0.15) is 0 Å². The van der Waals surface area contributed by atoms with Gasteiger partial charge in [0.2, 0.25) is 0 Å². The molecule has 0 bridgehead atoms. The molecule has 0 saturated heterocycles. The minimum atomic E-state index is 0.343. The summed E-state index contributed by atoms with van der Waals surface area (Å²) in [5.41, 5.74) is 0. The van der Waals surface area contributed by atoms with Crippen molar-refractivity contribution in [1.29, 1.82) is 0 Å². The highest BCUT2D eigenvalue weighted by molar-refractivity contribution is 6.35. The SMILES string of the molecule is CCCCCCC[SiH2]CCCCCCC. The van der Waals surface area contributed by atoms with Crippen LogP contribution in [-0.4, -0.2) is 9.52 Å². The van der Waals surface area contributed by atoms with E-state index in [1.54, 1.807) is 24.9 Å². The van der Waals surface area contributed by atoms with Gasteiger partial charge in [0.25, 0.3) is 0 Å². The second-order valence-corrected chi connectivity index (χ2v) is 7.01. The Morgan fingerprint density at radius 1 is 0.533 bits per heavy atom. The zero-order valence-corrected chi connectivity index (χ0v) is 12.6. The fourth-order valence-corrected chi connectivity index (χ4v) is 3.86. The van der Waals surface area contributed by atoms with Crippen LogP contribution in [0.2, 0.25) is 12.1 Å². The normalized spacial score (nSPS) is 10.8. The average Bonchev–Trinajstić information content (AvgIpc) is 2.26. The van der Waals surface area contributed by atoms with Gasteiger partial charge >= 0.3 is 0 Å². The van der Waals surface area contributed by atoms with Crippen molar-refractivity contribution in [3.05, 3.63) is 0 Å². The monoisotopic (exact) mass is 228 g/mol. The van der Waals surface area contributed by atoms with Gasteiger partial charge in [-0.05, 0) is 0 Å². The number of rotatable bonds is 12. The van der Waals surface area contributed by atoms with Crippen molar-refractivity contribution in [2.75, 3.05) is 0 Å². The molecule has 0 unspecified atom stereocenters. The molecule has 0 aromatic carbocycles. The van der Waals surface area contributed by atoms with Crippen molar-refractivity contribution in [3.8, 4) is 0 Å². The third-order valence-electron chi connectivity index (χ3n) is 3.21. The second-order valence-electron chi connectivity index (χ2n) is 4.89. The van der Waals surface area contributed by atoms with Crippen molar-refractivity contribution >= 4 is 9.52 Å². The van der Waals surface area contributed by atoms with Crippen LogP contribution in [0.15, 0.2) is 0 Å². The van der Waals surface area contributed by atoms with Gasteiger partial charge < -0.3 is 0 Å². The summed E-state index contributed by atoms with van der Waals surface area (Å²) in [4.78, 5) is 0. The molecule has 0 aromatic rings. The first-order chi connectivity index (χ1) is 7.41. The molecule has 0 N–H and O–H groups in total. The highest BCUT2D eigenvalue weighted by Gasteiger charge is 1.92. The van der Waals surface area contributed by atoms with E-state index in [1.165, 1.54) is 51.4 Å². The van der Waals surface area contributed by atoms with Gasteiger partial charge in [0.15, 0.2) is 0 Å². The van der Waals surface area contributed by atoms with Gasteiger partial charge in [-0.2, -0.15) is 0 Å². The molecule has 0 aliphatic rings. The van der Waals surface area contributed by atoms with Crippen LogP contribution >= 0.6 is 0 Å². The number of hydrogen-bond acceptors (Lipinski definition) is 0. The molecular weight excluding hydrogens is 196 g/mol. The Hall–Kier alpha value is 0.217. The quantitative estimate of drug-likeness (QED) is 0.328. The second kappa shape index (κ2) is 14.2. The lowest BCUT2D eigenvalue weighted by Crippen LogP contribution is -1.90. The molecular formula is C14H32Si. The Kier molecular flexibility index (Phi) is 14.4. The van der Waals surface area contributed by atoms with Crippen LogP contribution in [0.1, 0.15) is 78.1 Å². The zero-order chi connectivity index (χ0) is 11.2. The van der Waals surface area contributed by atoms with Crippen molar-refractivity contribution in [1.82, 2.24) is 0 Å². The summed E-state index contributed by atoms with van der Waals surface area (Å²) in [6.07, 6.45) is 14.8. The first-order valence-corrected chi connectivity index (χ1v) is 9.41. The Morgan fingerprint density at radius 3 is 1.33 bits per heavy atom. The summed E-state index contributed by atoms with van der Waals surface area (Å²) in [7, 11) is 0.343. The van der Waals surface area contributed by atoms with Gasteiger partial charge in [-0.1, -0.05) is 90.1 Å². The number of unbranched alkanes of at least 4 members (excludes halogenated alkanes) is 8. The largest absolute Gasteiger partial charge is 0.0654 e. The van der Waals surface area contributed by atoms with E-state index in [0.29, 0.717) is 9.52 Å². The molecule has 0 atom stereocenters. The van der Waals surface area contributed by atoms with E-state index in [2.05, 4.69) is 13.8 Å². The maximum absolute atomic E-state index is 2.30. The predicted molar refractivity (Wildman–Crippen MR) is 75.7 cm³/mol. The van der Waals surface area contributed by atoms with Crippen molar-refractivity contribution in [2.24, 2.45) is 0 Å². The molecule has 0 saturated carbocycles. The zero-order valence-electron chi connectivity index (χ0n) is 11.2. The molecule has 0 aromatic heterocycles. The van der Waals surface area contributed by atoms with E-state index in [4.69, 9.17) is 0 Å². The van der Waals surface area contributed by atoms with Gasteiger partial charge in [-0.15, -0.1) is 0 Å². The summed E-state index contributed by atoms with van der Waals surface area (Å²) >= 11 is 0. The molecule has 0 aliphatic carbocycles. The fourth-order valence-electron chi connectivity index (χ4n) is 2.09. The lowest BCUT2D eigenvalue weighted by Gasteiger charge is -2.01.